The zero-order valence-electron chi connectivity index (χ0n) is 31.4. The van der Waals surface area contributed by atoms with Gasteiger partial charge in [-0.1, -0.05) is 74.2 Å². The third kappa shape index (κ3) is 14.5. The summed E-state index contributed by atoms with van der Waals surface area (Å²) in [5, 5.41) is 55.1. The van der Waals surface area contributed by atoms with Crippen LogP contribution in [-0.2, 0) is 13.0 Å². The Morgan fingerprint density at radius 2 is 1.58 bits per heavy atom. The van der Waals surface area contributed by atoms with E-state index in [2.05, 4.69) is 27.5 Å². The van der Waals surface area contributed by atoms with E-state index in [1.807, 2.05) is 36.1 Å². The molecule has 16 nitrogen and oxygen atoms in total. The summed E-state index contributed by atoms with van der Waals surface area (Å²) in [6.45, 7) is 4.83. The Bertz CT molecular complexity index is 1680. The standard InChI is InChI=1S/C38H55ClN8O8/c1-3-4-5-8-16-46(22-29(49)32(51)30(50)23-48)17-15-42-36(52)27-13-11-25(12-14-27)20-47(38(54)55)21-26(18-28-10-7-6-9-24(28)2)19-43-37(53)31-34(40)45-35(41)33(39)44-31/h6-7,9-14,26,29-30,32,48-51H,3-5,8,15-23H2,1-2H3,(H,42,52)(H,43,53)(H,54,55)(H4,40,41,45)/t26-,29+,30-,32-/m1/s1. The average Bonchev–Trinajstić information content (AvgIpc) is 3.16. The lowest BCUT2D eigenvalue weighted by Gasteiger charge is -2.29. The number of unbranched alkanes of at least 4 members (excludes halogenated alkanes) is 3. The smallest absolute Gasteiger partial charge is 0.407 e. The number of hydrogen-bond donors (Lipinski definition) is 9. The zero-order chi connectivity index (χ0) is 40.5. The monoisotopic (exact) mass is 786 g/mol. The van der Waals surface area contributed by atoms with E-state index < -0.39 is 36.9 Å². The first-order chi connectivity index (χ1) is 26.2. The largest absolute Gasteiger partial charge is 0.465 e. The van der Waals surface area contributed by atoms with Gasteiger partial charge < -0.3 is 52.5 Å². The SMILES string of the molecule is CCCCCCN(CCNC(=O)c1ccc(CN(C[C@@H](CNC(=O)c2nc(Cl)c(N)nc2N)Cc2ccccc2C)C(=O)O)cc1)C[C@H](O)[C@@H](O)[C@H](O)CO. The molecular formula is C38H55ClN8O8. The molecule has 0 radical (unpaired) electrons. The van der Waals surface area contributed by atoms with Crippen LogP contribution in [0.25, 0.3) is 0 Å². The van der Waals surface area contributed by atoms with Crippen molar-refractivity contribution in [1.29, 1.82) is 0 Å². The molecule has 17 heteroatoms. The van der Waals surface area contributed by atoms with E-state index in [4.69, 9.17) is 28.2 Å². The summed E-state index contributed by atoms with van der Waals surface area (Å²) in [6.07, 6.45) is -1.02. The molecular weight excluding hydrogens is 732 g/mol. The molecule has 2 aromatic carbocycles. The molecule has 3 rings (SSSR count). The number of benzene rings is 2. The van der Waals surface area contributed by atoms with Crippen LogP contribution in [0.4, 0.5) is 16.4 Å². The van der Waals surface area contributed by atoms with Crippen molar-refractivity contribution >= 4 is 41.1 Å². The van der Waals surface area contributed by atoms with Gasteiger partial charge in [0.2, 0.25) is 0 Å². The molecule has 0 spiro atoms. The van der Waals surface area contributed by atoms with E-state index in [9.17, 15) is 34.8 Å². The Morgan fingerprint density at radius 1 is 0.873 bits per heavy atom. The number of nitrogen functional groups attached to an aromatic ring is 2. The fraction of sp³-hybridized carbons (Fsp3) is 0.500. The number of carbonyl (C=O) groups is 3. The van der Waals surface area contributed by atoms with Crippen LogP contribution < -0.4 is 22.1 Å². The molecule has 0 bridgehead atoms. The quantitative estimate of drug-likeness (QED) is 0.0625. The Balaban J connectivity index is 1.64. The summed E-state index contributed by atoms with van der Waals surface area (Å²) in [5.41, 5.74) is 14.3. The van der Waals surface area contributed by atoms with Crippen molar-refractivity contribution in [3.8, 4) is 0 Å². The predicted molar refractivity (Wildman–Crippen MR) is 209 cm³/mol. The Morgan fingerprint density at radius 3 is 2.24 bits per heavy atom. The highest BCUT2D eigenvalue weighted by Gasteiger charge is 2.26. The minimum absolute atomic E-state index is 0.0214. The fourth-order valence-electron chi connectivity index (χ4n) is 6.01. The number of amides is 3. The lowest BCUT2D eigenvalue weighted by Crippen LogP contribution is -2.47. The number of rotatable bonds is 23. The van der Waals surface area contributed by atoms with Crippen molar-refractivity contribution in [3.05, 3.63) is 81.6 Å². The third-order valence-corrected chi connectivity index (χ3v) is 9.52. The van der Waals surface area contributed by atoms with Crippen LogP contribution in [-0.4, -0.2) is 127 Å². The van der Waals surface area contributed by atoms with Gasteiger partial charge in [0.15, 0.2) is 22.5 Å². The van der Waals surface area contributed by atoms with E-state index in [-0.39, 0.29) is 67.0 Å². The number of hydrogen-bond acceptors (Lipinski definition) is 12. The molecule has 1 aromatic heterocycles. The molecule has 0 saturated carbocycles. The van der Waals surface area contributed by atoms with Gasteiger partial charge in [-0.3, -0.25) is 14.5 Å². The highest BCUT2D eigenvalue weighted by atomic mass is 35.5. The Kier molecular flexibility index (Phi) is 18.5. The van der Waals surface area contributed by atoms with Gasteiger partial charge in [0, 0.05) is 44.8 Å². The number of carbonyl (C=O) groups excluding carboxylic acids is 2. The summed E-state index contributed by atoms with van der Waals surface area (Å²) in [6, 6.07) is 14.3. The molecule has 0 aliphatic heterocycles. The maximum Gasteiger partial charge on any atom is 0.407 e. The molecule has 4 atom stereocenters. The van der Waals surface area contributed by atoms with Gasteiger partial charge in [-0.25, -0.2) is 14.8 Å². The van der Waals surface area contributed by atoms with Gasteiger partial charge >= 0.3 is 6.09 Å². The molecule has 55 heavy (non-hydrogen) atoms. The minimum atomic E-state index is -1.51. The van der Waals surface area contributed by atoms with Crippen molar-refractivity contribution in [2.24, 2.45) is 5.92 Å². The van der Waals surface area contributed by atoms with Crippen LogP contribution in [0.1, 0.15) is 70.1 Å². The minimum Gasteiger partial charge on any atom is -0.465 e. The number of nitrogens with one attached hydrogen (secondary N) is 2. The summed E-state index contributed by atoms with van der Waals surface area (Å²) in [7, 11) is 0. The molecule has 3 aromatic rings. The van der Waals surface area contributed by atoms with Crippen LogP contribution in [0.15, 0.2) is 48.5 Å². The second kappa shape index (κ2) is 22.7. The van der Waals surface area contributed by atoms with E-state index >= 15 is 0 Å². The molecule has 1 heterocycles. The number of aliphatic hydroxyl groups excluding tert-OH is 4. The van der Waals surface area contributed by atoms with Gasteiger partial charge in [0.25, 0.3) is 11.8 Å². The number of nitrogens with zero attached hydrogens (tertiary/aromatic N) is 4. The van der Waals surface area contributed by atoms with Crippen molar-refractivity contribution in [2.75, 3.05) is 57.3 Å². The summed E-state index contributed by atoms with van der Waals surface area (Å²) >= 11 is 5.96. The molecule has 0 unspecified atom stereocenters. The van der Waals surface area contributed by atoms with E-state index in [1.165, 1.54) is 4.90 Å². The van der Waals surface area contributed by atoms with E-state index in [1.54, 1.807) is 24.3 Å². The van der Waals surface area contributed by atoms with Crippen LogP contribution in [0.5, 0.6) is 0 Å². The van der Waals surface area contributed by atoms with Crippen LogP contribution in [0, 0.1) is 12.8 Å². The van der Waals surface area contributed by atoms with E-state index in [0.29, 0.717) is 30.6 Å². The number of nitrogens with two attached hydrogens (primary N) is 2. The van der Waals surface area contributed by atoms with Crippen molar-refractivity contribution in [3.63, 3.8) is 0 Å². The number of halogens is 1. The Labute approximate surface area is 326 Å². The average molecular weight is 787 g/mol. The number of anilines is 2. The van der Waals surface area contributed by atoms with Gasteiger partial charge in [0.05, 0.1) is 12.7 Å². The van der Waals surface area contributed by atoms with Crippen LogP contribution >= 0.6 is 11.6 Å². The van der Waals surface area contributed by atoms with Crippen LogP contribution in [0.3, 0.4) is 0 Å². The maximum absolute atomic E-state index is 13.0. The van der Waals surface area contributed by atoms with Gasteiger partial charge in [-0.2, -0.15) is 0 Å². The second-order valence-corrected chi connectivity index (χ2v) is 14.0. The van der Waals surface area contributed by atoms with Crippen molar-refractivity contribution in [1.82, 2.24) is 30.4 Å². The topological polar surface area (TPSA) is 261 Å². The van der Waals surface area contributed by atoms with Gasteiger partial charge in [-0.15, -0.1) is 0 Å². The number of aryl methyl sites for hydroxylation is 1. The normalized spacial score (nSPS) is 13.5. The fourth-order valence-corrected chi connectivity index (χ4v) is 6.13. The number of carboxylic acid groups (broad SMARTS) is 1. The molecule has 11 N–H and O–H groups in total. The Hall–Kier alpha value is -4.58. The first kappa shape index (κ1) is 44.8. The first-order valence-electron chi connectivity index (χ1n) is 18.4. The lowest BCUT2D eigenvalue weighted by atomic mass is 9.95. The lowest BCUT2D eigenvalue weighted by molar-refractivity contribution is -0.0840. The number of aromatic nitrogens is 2. The summed E-state index contributed by atoms with van der Waals surface area (Å²) < 4.78 is 0. The molecule has 0 saturated heterocycles. The second-order valence-electron chi connectivity index (χ2n) is 13.6. The number of aliphatic hydroxyl groups is 4. The predicted octanol–water partition coefficient (Wildman–Crippen LogP) is 2.06. The van der Waals surface area contributed by atoms with Crippen LogP contribution in [0.2, 0.25) is 5.15 Å². The van der Waals surface area contributed by atoms with Gasteiger partial charge in [0.1, 0.15) is 12.2 Å². The summed E-state index contributed by atoms with van der Waals surface area (Å²) in [5.74, 6) is -1.63. The highest BCUT2D eigenvalue weighted by molar-refractivity contribution is 6.31. The van der Waals surface area contributed by atoms with Crippen molar-refractivity contribution in [2.45, 2.75) is 70.8 Å². The molecule has 3 amide bonds. The third-order valence-electron chi connectivity index (χ3n) is 9.24. The first-order valence-corrected chi connectivity index (χ1v) is 18.7. The van der Waals surface area contributed by atoms with Gasteiger partial charge in [-0.05, 0) is 61.1 Å². The summed E-state index contributed by atoms with van der Waals surface area (Å²) in [4.78, 5) is 49.5. The molecule has 0 aliphatic carbocycles. The molecule has 0 fully saturated rings. The molecule has 302 valence electrons. The van der Waals surface area contributed by atoms with Crippen molar-refractivity contribution < 1.29 is 39.9 Å². The van der Waals surface area contributed by atoms with E-state index in [0.717, 1.165) is 36.8 Å². The zero-order valence-corrected chi connectivity index (χ0v) is 32.2. The molecule has 0 aliphatic rings. The highest BCUT2D eigenvalue weighted by Crippen LogP contribution is 2.19. The maximum atomic E-state index is 13.0.